The van der Waals surface area contributed by atoms with Crippen molar-refractivity contribution in [1.29, 1.82) is 0 Å². The van der Waals surface area contributed by atoms with Crippen molar-refractivity contribution < 1.29 is 9.13 Å². The molecule has 114 valence electrons. The van der Waals surface area contributed by atoms with Gasteiger partial charge in [-0.25, -0.2) is 9.37 Å². The van der Waals surface area contributed by atoms with E-state index in [1.807, 2.05) is 0 Å². The minimum atomic E-state index is -0.250. The van der Waals surface area contributed by atoms with Gasteiger partial charge in [0.1, 0.15) is 5.82 Å². The normalized spacial score (nSPS) is 21.6. The first kappa shape index (κ1) is 14.3. The van der Waals surface area contributed by atoms with Gasteiger partial charge in [-0.05, 0) is 43.9 Å². The van der Waals surface area contributed by atoms with Crippen LogP contribution in [0.5, 0.6) is 0 Å². The van der Waals surface area contributed by atoms with Crippen LogP contribution in [0, 0.1) is 5.82 Å². The predicted molar refractivity (Wildman–Crippen MR) is 82.0 cm³/mol. The first-order valence-electron chi connectivity index (χ1n) is 7.70. The number of imidazole rings is 1. The fourth-order valence-electron chi connectivity index (χ4n) is 3.14. The van der Waals surface area contributed by atoms with Gasteiger partial charge in [-0.1, -0.05) is 13.8 Å². The highest BCUT2D eigenvalue weighted by Gasteiger charge is 2.34. The van der Waals surface area contributed by atoms with Gasteiger partial charge < -0.3 is 15.0 Å². The number of nitrogens with one attached hydrogen (secondary N) is 2. The maximum Gasteiger partial charge on any atom is 0.201 e. The van der Waals surface area contributed by atoms with Crippen LogP contribution < -0.4 is 5.32 Å². The molecule has 21 heavy (non-hydrogen) atoms. The average Bonchev–Trinajstić information content (AvgIpc) is 2.88. The van der Waals surface area contributed by atoms with Crippen molar-refractivity contribution in [3.8, 4) is 0 Å². The monoisotopic (exact) mass is 291 g/mol. The smallest absolute Gasteiger partial charge is 0.201 e. The van der Waals surface area contributed by atoms with Crippen molar-refractivity contribution in [1.82, 2.24) is 9.97 Å². The fourth-order valence-corrected chi connectivity index (χ4v) is 3.14. The number of H-pyrrole nitrogens is 1. The number of aromatic amines is 1. The van der Waals surface area contributed by atoms with Crippen LogP contribution in [0.3, 0.4) is 0 Å². The van der Waals surface area contributed by atoms with E-state index in [0.29, 0.717) is 12.0 Å². The minimum Gasteiger partial charge on any atom is -0.375 e. The standard InChI is InChI=1S/C16H22FN3O/c1-3-16(4-2)10-12(7-8-21-16)18-15-19-13-6-5-11(17)9-14(13)20-15/h5-6,9,12H,3-4,7-8,10H2,1-2H3,(H2,18,19,20). The zero-order valence-corrected chi connectivity index (χ0v) is 12.6. The molecule has 0 aliphatic carbocycles. The van der Waals surface area contributed by atoms with Gasteiger partial charge in [-0.2, -0.15) is 0 Å². The zero-order valence-electron chi connectivity index (χ0n) is 12.6. The van der Waals surface area contributed by atoms with E-state index in [0.717, 1.165) is 43.3 Å². The molecule has 3 rings (SSSR count). The molecule has 1 fully saturated rings. The molecule has 0 saturated carbocycles. The number of ether oxygens (including phenoxy) is 1. The Morgan fingerprint density at radius 1 is 1.43 bits per heavy atom. The molecule has 1 aliphatic rings. The number of fused-ring (bicyclic) bond motifs is 1. The second-order valence-electron chi connectivity index (χ2n) is 5.82. The molecule has 5 heteroatoms. The lowest BCUT2D eigenvalue weighted by atomic mass is 9.86. The highest BCUT2D eigenvalue weighted by Crippen LogP contribution is 2.32. The minimum absolute atomic E-state index is 0.0198. The number of hydrogen-bond acceptors (Lipinski definition) is 3. The lowest BCUT2D eigenvalue weighted by Crippen LogP contribution is -2.43. The van der Waals surface area contributed by atoms with Gasteiger partial charge in [-0.3, -0.25) is 0 Å². The number of rotatable bonds is 4. The SMILES string of the molecule is CCC1(CC)CC(Nc2nc3ccc(F)cc3[nH]2)CCO1. The Labute approximate surface area is 124 Å². The molecule has 4 nitrogen and oxygen atoms in total. The molecule has 0 amide bonds. The molecule has 1 aromatic heterocycles. The van der Waals surface area contributed by atoms with E-state index < -0.39 is 0 Å². The van der Waals surface area contributed by atoms with E-state index in [4.69, 9.17) is 4.74 Å². The van der Waals surface area contributed by atoms with E-state index >= 15 is 0 Å². The average molecular weight is 291 g/mol. The number of hydrogen-bond donors (Lipinski definition) is 2. The summed E-state index contributed by atoms with van der Waals surface area (Å²) in [6.07, 6.45) is 3.98. The number of nitrogens with zero attached hydrogens (tertiary/aromatic N) is 1. The Morgan fingerprint density at radius 2 is 2.24 bits per heavy atom. The van der Waals surface area contributed by atoms with E-state index in [2.05, 4.69) is 29.1 Å². The Bertz CT molecular complexity index is 621. The van der Waals surface area contributed by atoms with Crippen LogP contribution in [0.25, 0.3) is 11.0 Å². The van der Waals surface area contributed by atoms with Gasteiger partial charge in [0.15, 0.2) is 0 Å². The third-order valence-corrected chi connectivity index (χ3v) is 4.57. The van der Waals surface area contributed by atoms with Crippen molar-refractivity contribution in [3.63, 3.8) is 0 Å². The molecule has 2 heterocycles. The molecule has 1 atom stereocenters. The molecule has 0 radical (unpaired) electrons. The van der Waals surface area contributed by atoms with Gasteiger partial charge in [0.05, 0.1) is 16.6 Å². The van der Waals surface area contributed by atoms with Crippen LogP contribution in [-0.2, 0) is 4.74 Å². The summed E-state index contributed by atoms with van der Waals surface area (Å²) in [5, 5.41) is 3.44. The molecule has 0 spiro atoms. The van der Waals surface area contributed by atoms with Crippen LogP contribution in [0.2, 0.25) is 0 Å². The second-order valence-corrected chi connectivity index (χ2v) is 5.82. The summed E-state index contributed by atoms with van der Waals surface area (Å²) in [4.78, 5) is 7.62. The van der Waals surface area contributed by atoms with Crippen LogP contribution in [0.1, 0.15) is 39.5 Å². The molecule has 2 N–H and O–H groups in total. The van der Waals surface area contributed by atoms with Crippen molar-refractivity contribution >= 4 is 17.0 Å². The van der Waals surface area contributed by atoms with Crippen LogP contribution in [-0.4, -0.2) is 28.2 Å². The topological polar surface area (TPSA) is 49.9 Å². The quantitative estimate of drug-likeness (QED) is 0.899. The lowest BCUT2D eigenvalue weighted by Gasteiger charge is -2.40. The summed E-state index contributed by atoms with van der Waals surface area (Å²) in [5.41, 5.74) is 1.48. The zero-order chi connectivity index (χ0) is 14.9. The van der Waals surface area contributed by atoms with Crippen LogP contribution in [0.15, 0.2) is 18.2 Å². The van der Waals surface area contributed by atoms with Crippen molar-refractivity contribution in [2.45, 2.75) is 51.2 Å². The van der Waals surface area contributed by atoms with Crippen molar-refractivity contribution in [2.24, 2.45) is 0 Å². The number of halogens is 1. The fraction of sp³-hybridized carbons (Fsp3) is 0.562. The molecular weight excluding hydrogens is 269 g/mol. The van der Waals surface area contributed by atoms with Crippen LogP contribution >= 0.6 is 0 Å². The van der Waals surface area contributed by atoms with Crippen molar-refractivity contribution in [2.75, 3.05) is 11.9 Å². The maximum absolute atomic E-state index is 13.2. The number of benzene rings is 1. The van der Waals surface area contributed by atoms with E-state index in [-0.39, 0.29) is 11.4 Å². The Balaban J connectivity index is 1.75. The molecule has 2 aromatic rings. The summed E-state index contributed by atoms with van der Waals surface area (Å²) in [5.74, 6) is 0.461. The number of aromatic nitrogens is 2. The largest absolute Gasteiger partial charge is 0.375 e. The van der Waals surface area contributed by atoms with Crippen LogP contribution in [0.4, 0.5) is 10.3 Å². The van der Waals surface area contributed by atoms with Gasteiger partial charge in [-0.15, -0.1) is 0 Å². The highest BCUT2D eigenvalue weighted by molar-refractivity contribution is 5.77. The van der Waals surface area contributed by atoms with E-state index in [9.17, 15) is 4.39 Å². The van der Waals surface area contributed by atoms with Crippen molar-refractivity contribution in [3.05, 3.63) is 24.0 Å². The first-order chi connectivity index (χ1) is 10.1. The van der Waals surface area contributed by atoms with E-state index in [1.54, 1.807) is 6.07 Å². The molecular formula is C16H22FN3O. The van der Waals surface area contributed by atoms with Gasteiger partial charge in [0.25, 0.3) is 0 Å². The maximum atomic E-state index is 13.2. The molecule has 1 unspecified atom stereocenters. The number of anilines is 1. The highest BCUT2D eigenvalue weighted by atomic mass is 19.1. The van der Waals surface area contributed by atoms with E-state index in [1.165, 1.54) is 12.1 Å². The third-order valence-electron chi connectivity index (χ3n) is 4.57. The van der Waals surface area contributed by atoms with Gasteiger partial charge in [0, 0.05) is 12.6 Å². The third kappa shape index (κ3) is 2.88. The molecule has 0 bridgehead atoms. The summed E-state index contributed by atoms with van der Waals surface area (Å²) in [6.45, 7) is 5.12. The summed E-state index contributed by atoms with van der Waals surface area (Å²) in [6, 6.07) is 4.93. The lowest BCUT2D eigenvalue weighted by molar-refractivity contribution is -0.0865. The summed E-state index contributed by atoms with van der Waals surface area (Å²) < 4.78 is 19.2. The Hall–Kier alpha value is -1.62. The molecule has 1 saturated heterocycles. The Kier molecular flexibility index (Phi) is 3.85. The summed E-state index contributed by atoms with van der Waals surface area (Å²) >= 11 is 0. The first-order valence-corrected chi connectivity index (χ1v) is 7.70. The molecule has 1 aliphatic heterocycles. The predicted octanol–water partition coefficient (Wildman–Crippen LogP) is 3.85. The van der Waals surface area contributed by atoms with Gasteiger partial charge >= 0.3 is 0 Å². The van der Waals surface area contributed by atoms with Gasteiger partial charge in [0.2, 0.25) is 5.95 Å². The molecule has 1 aromatic carbocycles. The summed E-state index contributed by atoms with van der Waals surface area (Å²) in [7, 11) is 0. The second kappa shape index (κ2) is 5.64. The Morgan fingerprint density at radius 3 is 3.00 bits per heavy atom.